The molecule has 0 spiro atoms. The van der Waals surface area contributed by atoms with Gasteiger partial charge in [-0.25, -0.2) is 8.42 Å². The molecule has 0 amide bonds. The molecule has 1 aromatic carbocycles. The number of ether oxygens (including phenoxy) is 1. The second kappa shape index (κ2) is 4.75. The minimum absolute atomic E-state index is 0.567. The lowest BCUT2D eigenvalue weighted by molar-refractivity contribution is -0.145. The molecule has 7 heteroatoms. The molecular weight excluding hydrogens is 284 g/mol. The van der Waals surface area contributed by atoms with Crippen molar-refractivity contribution in [1.29, 1.82) is 0 Å². The van der Waals surface area contributed by atoms with E-state index in [1.54, 1.807) is 24.3 Å². The number of aliphatic carboxylic acids is 1. The van der Waals surface area contributed by atoms with E-state index >= 15 is 0 Å². The van der Waals surface area contributed by atoms with Gasteiger partial charge in [0.15, 0.2) is 9.84 Å². The molecule has 0 aliphatic heterocycles. The van der Waals surface area contributed by atoms with Gasteiger partial charge in [0.2, 0.25) is 0 Å². The smallest absolute Gasteiger partial charge is 0.314 e. The van der Waals surface area contributed by atoms with Crippen LogP contribution in [0.5, 0.6) is 5.75 Å². The van der Waals surface area contributed by atoms with Gasteiger partial charge in [0.1, 0.15) is 11.2 Å². The van der Waals surface area contributed by atoms with Gasteiger partial charge in [-0.3, -0.25) is 4.79 Å². The van der Waals surface area contributed by atoms with Gasteiger partial charge in [0.25, 0.3) is 0 Å². The van der Waals surface area contributed by atoms with E-state index in [2.05, 4.69) is 0 Å². The quantitative estimate of drug-likeness (QED) is 0.809. The molecule has 2 rings (SSSR count). The third-order valence-corrected chi connectivity index (χ3v) is 5.47. The SMILES string of the molecule is COc1ccc([C@H]2[C@H](S(C)(=O)=O)[C@@]2(CO)C(=O)O)cc1. The zero-order valence-corrected chi connectivity index (χ0v) is 11.9. The molecular formula is C13H16O6S. The number of aliphatic hydroxyl groups is 1. The number of hydrogen-bond acceptors (Lipinski definition) is 5. The number of aliphatic hydroxyl groups excluding tert-OH is 1. The van der Waals surface area contributed by atoms with Crippen molar-refractivity contribution in [2.45, 2.75) is 11.2 Å². The van der Waals surface area contributed by atoms with E-state index in [4.69, 9.17) is 4.74 Å². The number of carboxylic acid groups (broad SMARTS) is 1. The van der Waals surface area contributed by atoms with Gasteiger partial charge in [-0.2, -0.15) is 0 Å². The van der Waals surface area contributed by atoms with E-state index in [1.807, 2.05) is 0 Å². The summed E-state index contributed by atoms with van der Waals surface area (Å²) >= 11 is 0. The van der Waals surface area contributed by atoms with Crippen molar-refractivity contribution in [3.63, 3.8) is 0 Å². The molecule has 0 unspecified atom stereocenters. The van der Waals surface area contributed by atoms with Gasteiger partial charge >= 0.3 is 5.97 Å². The fourth-order valence-electron chi connectivity index (χ4n) is 2.83. The van der Waals surface area contributed by atoms with Crippen molar-refractivity contribution in [2.75, 3.05) is 20.0 Å². The summed E-state index contributed by atoms with van der Waals surface area (Å²) < 4.78 is 28.6. The second-order valence-corrected chi connectivity index (χ2v) is 7.17. The molecule has 110 valence electrons. The van der Waals surface area contributed by atoms with E-state index in [1.165, 1.54) is 7.11 Å². The third-order valence-electron chi connectivity index (χ3n) is 3.85. The summed E-state index contributed by atoms with van der Waals surface area (Å²) in [7, 11) is -2.08. The molecule has 1 aliphatic carbocycles. The number of carboxylic acids is 1. The summed E-state index contributed by atoms with van der Waals surface area (Å²) in [5, 5.41) is 17.6. The Hall–Kier alpha value is -1.60. The Bertz CT molecular complexity index is 621. The van der Waals surface area contributed by atoms with Gasteiger partial charge in [0, 0.05) is 12.2 Å². The van der Waals surface area contributed by atoms with Crippen molar-refractivity contribution >= 4 is 15.8 Å². The van der Waals surface area contributed by atoms with Gasteiger partial charge < -0.3 is 14.9 Å². The molecule has 0 heterocycles. The fourth-order valence-corrected chi connectivity index (χ4v) is 4.73. The molecule has 1 fully saturated rings. The molecule has 2 N–H and O–H groups in total. The first-order valence-electron chi connectivity index (χ1n) is 5.96. The Morgan fingerprint density at radius 1 is 1.35 bits per heavy atom. The molecule has 3 atom stereocenters. The van der Waals surface area contributed by atoms with Gasteiger partial charge in [-0.1, -0.05) is 12.1 Å². The zero-order chi connectivity index (χ0) is 15.1. The lowest BCUT2D eigenvalue weighted by Crippen LogP contribution is -2.27. The summed E-state index contributed by atoms with van der Waals surface area (Å²) in [5.74, 6) is -1.45. The first-order chi connectivity index (χ1) is 9.29. The van der Waals surface area contributed by atoms with Crippen molar-refractivity contribution in [1.82, 2.24) is 0 Å². The van der Waals surface area contributed by atoms with Crippen LogP contribution in [0.2, 0.25) is 0 Å². The highest BCUT2D eigenvalue weighted by molar-refractivity contribution is 7.91. The van der Waals surface area contributed by atoms with Crippen molar-refractivity contribution < 1.29 is 28.2 Å². The number of rotatable bonds is 5. The van der Waals surface area contributed by atoms with E-state index in [0.29, 0.717) is 11.3 Å². The maximum absolute atomic E-state index is 11.8. The Kier molecular flexibility index (Phi) is 3.51. The van der Waals surface area contributed by atoms with Gasteiger partial charge in [0.05, 0.1) is 19.0 Å². The molecule has 20 heavy (non-hydrogen) atoms. The van der Waals surface area contributed by atoms with E-state index in [-0.39, 0.29) is 0 Å². The van der Waals surface area contributed by atoms with E-state index in [9.17, 15) is 23.4 Å². The standard InChI is InChI=1S/C13H16O6S/c1-19-9-5-3-8(4-6-9)10-11(20(2,17)18)13(10,7-14)12(15)16/h3-6,10-11,14H,7H2,1-2H3,(H,15,16)/t10-,11-,13-/m0/s1. The largest absolute Gasteiger partial charge is 0.497 e. The highest BCUT2D eigenvalue weighted by Gasteiger charge is 2.74. The maximum atomic E-state index is 11.8. The minimum atomic E-state index is -3.58. The van der Waals surface area contributed by atoms with E-state index in [0.717, 1.165) is 6.26 Å². The average Bonchev–Trinajstić information content (AvgIpc) is 3.09. The second-order valence-electron chi connectivity index (χ2n) is 5.00. The summed E-state index contributed by atoms with van der Waals surface area (Å²) in [4.78, 5) is 11.4. The van der Waals surface area contributed by atoms with Crippen LogP contribution < -0.4 is 4.74 Å². The highest BCUT2D eigenvalue weighted by atomic mass is 32.2. The topological polar surface area (TPSA) is 101 Å². The van der Waals surface area contributed by atoms with Gasteiger partial charge in [-0.15, -0.1) is 0 Å². The lowest BCUT2D eigenvalue weighted by atomic mass is 10.00. The van der Waals surface area contributed by atoms with Crippen molar-refractivity contribution in [3.05, 3.63) is 29.8 Å². The predicted octanol–water partition coefficient (Wildman–Crippen LogP) is 0.269. The van der Waals surface area contributed by atoms with Crippen LogP contribution in [0.3, 0.4) is 0 Å². The summed E-state index contributed by atoms with van der Waals surface area (Å²) in [5.41, 5.74) is -1.08. The number of carbonyl (C=O) groups is 1. The number of benzene rings is 1. The molecule has 0 saturated heterocycles. The van der Waals surface area contributed by atoms with Crippen LogP contribution in [0.4, 0.5) is 0 Å². The fraction of sp³-hybridized carbons (Fsp3) is 0.462. The third kappa shape index (κ3) is 2.06. The molecule has 0 radical (unpaired) electrons. The van der Waals surface area contributed by atoms with E-state index < -0.39 is 39.0 Å². The first-order valence-corrected chi connectivity index (χ1v) is 7.91. The Labute approximate surface area is 116 Å². The lowest BCUT2D eigenvalue weighted by Gasteiger charge is -2.08. The van der Waals surface area contributed by atoms with Crippen LogP contribution in [-0.2, 0) is 14.6 Å². The summed E-state index contributed by atoms with van der Waals surface area (Å²) in [6, 6.07) is 6.53. The Balaban J connectivity index is 2.46. The monoisotopic (exact) mass is 300 g/mol. The number of sulfone groups is 1. The Morgan fingerprint density at radius 3 is 2.20 bits per heavy atom. The number of hydrogen-bond donors (Lipinski definition) is 2. The minimum Gasteiger partial charge on any atom is -0.497 e. The van der Waals surface area contributed by atoms with Crippen molar-refractivity contribution in [3.8, 4) is 5.75 Å². The summed E-state index contributed by atoms with van der Waals surface area (Å²) in [6.07, 6.45) is 0.995. The molecule has 1 aliphatic rings. The molecule has 6 nitrogen and oxygen atoms in total. The zero-order valence-electron chi connectivity index (χ0n) is 11.1. The van der Waals surface area contributed by atoms with Crippen LogP contribution in [0, 0.1) is 5.41 Å². The summed E-state index contributed by atoms with van der Waals surface area (Å²) in [6.45, 7) is -0.712. The average molecular weight is 300 g/mol. The molecule has 0 bridgehead atoms. The maximum Gasteiger partial charge on any atom is 0.314 e. The van der Waals surface area contributed by atoms with Crippen LogP contribution in [0.1, 0.15) is 11.5 Å². The van der Waals surface area contributed by atoms with Crippen LogP contribution in [0.25, 0.3) is 0 Å². The van der Waals surface area contributed by atoms with Crippen LogP contribution in [-0.4, -0.2) is 49.8 Å². The Morgan fingerprint density at radius 2 is 1.90 bits per heavy atom. The molecule has 1 aromatic rings. The highest BCUT2D eigenvalue weighted by Crippen LogP contribution is 2.62. The first kappa shape index (κ1) is 14.8. The van der Waals surface area contributed by atoms with Crippen molar-refractivity contribution in [2.24, 2.45) is 5.41 Å². The van der Waals surface area contributed by atoms with Gasteiger partial charge in [-0.05, 0) is 17.7 Å². The predicted molar refractivity (Wildman–Crippen MR) is 71.5 cm³/mol. The molecule has 1 saturated carbocycles. The number of methoxy groups -OCH3 is 1. The van der Waals surface area contributed by atoms with Crippen LogP contribution in [0.15, 0.2) is 24.3 Å². The van der Waals surface area contributed by atoms with Crippen LogP contribution >= 0.6 is 0 Å². The normalized spacial score (nSPS) is 28.9. The molecule has 0 aromatic heterocycles.